The fraction of sp³-hybridized carbons (Fsp3) is 0.400. The van der Waals surface area contributed by atoms with Crippen LogP contribution < -0.4 is 9.80 Å². The smallest absolute Gasteiger partial charge is 0.414 e. The average Bonchev–Trinajstić information content (AvgIpc) is 3.13. The fourth-order valence-electron chi connectivity index (χ4n) is 3.60. The number of halogens is 1. The molecule has 33 heavy (non-hydrogen) atoms. The number of hydrogen-bond acceptors (Lipinski definition) is 9. The molecule has 2 fully saturated rings. The number of carbonyl (C=O) groups is 1. The molecular formula is C20H22FN3O7S2. The third kappa shape index (κ3) is 5.60. The molecule has 0 radical (unpaired) electrons. The molecule has 0 unspecified atom stereocenters. The molecule has 0 N–H and O–H groups in total. The Kier molecular flexibility index (Phi) is 6.29. The monoisotopic (exact) mass is 499 g/mol. The van der Waals surface area contributed by atoms with Crippen molar-refractivity contribution in [2.24, 2.45) is 0 Å². The Labute approximate surface area is 191 Å². The van der Waals surface area contributed by atoms with Crippen LogP contribution in [0.3, 0.4) is 0 Å². The zero-order valence-corrected chi connectivity index (χ0v) is 19.3. The maximum Gasteiger partial charge on any atom is 0.414 e. The second-order valence-corrected chi connectivity index (χ2v) is 11.8. The Balaban J connectivity index is 1.45. The predicted molar refractivity (Wildman–Crippen MR) is 119 cm³/mol. The maximum atomic E-state index is 14.9. The summed E-state index contributed by atoms with van der Waals surface area (Å²) in [6.07, 6.45) is 0.892. The molecule has 0 aliphatic carbocycles. The fourth-order valence-corrected chi connectivity index (χ4v) is 5.20. The lowest BCUT2D eigenvalue weighted by Crippen LogP contribution is -2.40. The normalized spacial score (nSPS) is 20.7. The van der Waals surface area contributed by atoms with E-state index in [-0.39, 0.29) is 35.9 Å². The van der Waals surface area contributed by atoms with Crippen molar-refractivity contribution < 1.29 is 34.9 Å². The van der Waals surface area contributed by atoms with Gasteiger partial charge in [0.25, 0.3) is 10.1 Å². The Bertz CT molecular complexity index is 1250. The van der Waals surface area contributed by atoms with Crippen molar-refractivity contribution in [2.45, 2.75) is 6.10 Å². The highest BCUT2D eigenvalue weighted by molar-refractivity contribution is 7.91. The van der Waals surface area contributed by atoms with E-state index >= 15 is 0 Å². The first kappa shape index (κ1) is 23.4. The molecule has 178 valence electrons. The molecule has 1 aromatic carbocycles. The van der Waals surface area contributed by atoms with Crippen LogP contribution in [0.25, 0.3) is 11.1 Å². The molecule has 2 saturated heterocycles. The van der Waals surface area contributed by atoms with Crippen LogP contribution in [0.4, 0.5) is 20.7 Å². The van der Waals surface area contributed by atoms with E-state index in [0.29, 0.717) is 24.5 Å². The summed E-state index contributed by atoms with van der Waals surface area (Å²) in [5.41, 5.74) is 1.07. The van der Waals surface area contributed by atoms with Gasteiger partial charge in [0.15, 0.2) is 9.84 Å². The molecule has 2 aliphatic heterocycles. The lowest BCUT2D eigenvalue weighted by molar-refractivity contribution is 0.107. The summed E-state index contributed by atoms with van der Waals surface area (Å²) in [5.74, 6) is 0.196. The van der Waals surface area contributed by atoms with Gasteiger partial charge in [0.1, 0.15) is 24.3 Å². The first-order chi connectivity index (χ1) is 15.5. The average molecular weight is 500 g/mol. The van der Waals surface area contributed by atoms with Crippen molar-refractivity contribution >= 4 is 37.6 Å². The number of hydrogen-bond donors (Lipinski definition) is 0. The molecule has 1 atom stereocenters. The number of rotatable bonds is 6. The van der Waals surface area contributed by atoms with E-state index in [0.717, 1.165) is 6.26 Å². The number of sulfone groups is 1. The standard InChI is InChI=1S/C20H22FN3O7S2/c1-32(26,27)30-13-16-12-24(20(25)31-16)15-3-4-17(18(21)10-15)14-2-5-19(22-11-14)23-6-8-33(28,29)9-7-23/h2-5,10-11,16H,6-9,12-13H2,1H3/t16-/m1/s1. The summed E-state index contributed by atoms with van der Waals surface area (Å²) in [5, 5.41) is 0. The summed E-state index contributed by atoms with van der Waals surface area (Å²) < 4.78 is 70.0. The van der Waals surface area contributed by atoms with E-state index in [1.54, 1.807) is 18.2 Å². The Hall–Kier alpha value is -2.77. The molecule has 0 saturated carbocycles. The van der Waals surface area contributed by atoms with Crippen molar-refractivity contribution in [2.75, 3.05) is 53.8 Å². The van der Waals surface area contributed by atoms with Gasteiger partial charge in [-0.3, -0.25) is 9.08 Å². The van der Waals surface area contributed by atoms with Gasteiger partial charge in [-0.25, -0.2) is 22.6 Å². The summed E-state index contributed by atoms with van der Waals surface area (Å²) in [6, 6.07) is 7.68. The van der Waals surface area contributed by atoms with Crippen LogP contribution in [0.5, 0.6) is 0 Å². The van der Waals surface area contributed by atoms with Crippen LogP contribution >= 0.6 is 0 Å². The van der Waals surface area contributed by atoms with Gasteiger partial charge in [-0.2, -0.15) is 8.42 Å². The van der Waals surface area contributed by atoms with E-state index < -0.39 is 38.0 Å². The molecule has 2 aliphatic rings. The maximum absolute atomic E-state index is 14.9. The molecule has 3 heterocycles. The highest BCUT2D eigenvalue weighted by atomic mass is 32.2. The lowest BCUT2D eigenvalue weighted by atomic mass is 10.1. The first-order valence-electron chi connectivity index (χ1n) is 10.0. The molecule has 0 spiro atoms. The molecule has 2 aromatic rings. The van der Waals surface area contributed by atoms with Crippen LogP contribution in [-0.4, -0.2) is 78.0 Å². The minimum atomic E-state index is -3.68. The molecule has 10 nitrogen and oxygen atoms in total. The summed E-state index contributed by atoms with van der Waals surface area (Å²) >= 11 is 0. The quantitative estimate of drug-likeness (QED) is 0.543. The largest absolute Gasteiger partial charge is 0.441 e. The van der Waals surface area contributed by atoms with Crippen molar-refractivity contribution in [1.82, 2.24) is 4.98 Å². The van der Waals surface area contributed by atoms with Crippen molar-refractivity contribution in [3.05, 3.63) is 42.3 Å². The number of cyclic esters (lactones) is 1. The van der Waals surface area contributed by atoms with Crippen LogP contribution in [0, 0.1) is 5.82 Å². The molecule has 1 amide bonds. The van der Waals surface area contributed by atoms with Gasteiger partial charge in [0, 0.05) is 30.4 Å². The number of aromatic nitrogens is 1. The third-order valence-electron chi connectivity index (χ3n) is 5.33. The zero-order valence-electron chi connectivity index (χ0n) is 17.7. The highest BCUT2D eigenvalue weighted by Gasteiger charge is 2.33. The van der Waals surface area contributed by atoms with Crippen LogP contribution in [0.2, 0.25) is 0 Å². The molecular weight excluding hydrogens is 477 g/mol. The van der Waals surface area contributed by atoms with Crippen LogP contribution in [-0.2, 0) is 28.9 Å². The topological polar surface area (TPSA) is 123 Å². The number of amides is 1. The highest BCUT2D eigenvalue weighted by Crippen LogP contribution is 2.30. The van der Waals surface area contributed by atoms with Gasteiger partial charge in [-0.1, -0.05) is 0 Å². The van der Waals surface area contributed by atoms with Gasteiger partial charge in [-0.05, 0) is 30.3 Å². The number of carbonyl (C=O) groups excluding carboxylic acids is 1. The number of pyridine rings is 1. The van der Waals surface area contributed by atoms with Gasteiger partial charge >= 0.3 is 6.09 Å². The van der Waals surface area contributed by atoms with E-state index in [1.165, 1.54) is 23.2 Å². The van der Waals surface area contributed by atoms with E-state index in [9.17, 15) is 26.0 Å². The second kappa shape index (κ2) is 8.88. The van der Waals surface area contributed by atoms with Crippen molar-refractivity contribution in [3.8, 4) is 11.1 Å². The second-order valence-electron chi connectivity index (χ2n) is 7.81. The zero-order chi connectivity index (χ0) is 23.8. The van der Waals surface area contributed by atoms with E-state index in [2.05, 4.69) is 9.17 Å². The first-order valence-corrected chi connectivity index (χ1v) is 13.7. The summed E-state index contributed by atoms with van der Waals surface area (Å²) in [7, 11) is -6.67. The third-order valence-corrected chi connectivity index (χ3v) is 7.51. The Morgan fingerprint density at radius 3 is 2.55 bits per heavy atom. The molecule has 4 rings (SSSR count). The number of nitrogens with zero attached hydrogens (tertiary/aromatic N) is 3. The van der Waals surface area contributed by atoms with E-state index in [4.69, 9.17) is 4.74 Å². The van der Waals surface area contributed by atoms with Crippen molar-refractivity contribution in [1.29, 1.82) is 0 Å². The number of anilines is 2. The Morgan fingerprint density at radius 2 is 1.94 bits per heavy atom. The molecule has 0 bridgehead atoms. The SMILES string of the molecule is CS(=O)(=O)OC[C@H]1CN(c2ccc(-c3ccc(N4CCS(=O)(=O)CC4)nc3)c(F)c2)C(=O)O1. The van der Waals surface area contributed by atoms with Crippen molar-refractivity contribution in [3.63, 3.8) is 0 Å². The van der Waals surface area contributed by atoms with Gasteiger partial charge in [0.05, 0.1) is 30.0 Å². The molecule has 1 aromatic heterocycles. The van der Waals surface area contributed by atoms with E-state index in [1.807, 2.05) is 4.90 Å². The summed E-state index contributed by atoms with van der Waals surface area (Å²) in [4.78, 5) is 19.5. The minimum absolute atomic E-state index is 0.0228. The van der Waals surface area contributed by atoms with Gasteiger partial charge in [0.2, 0.25) is 0 Å². The van der Waals surface area contributed by atoms with Crippen LogP contribution in [0.1, 0.15) is 0 Å². The molecule has 13 heteroatoms. The minimum Gasteiger partial charge on any atom is -0.441 e. The van der Waals surface area contributed by atoms with Gasteiger partial charge < -0.3 is 9.64 Å². The lowest BCUT2D eigenvalue weighted by Gasteiger charge is -2.27. The number of benzene rings is 1. The Morgan fingerprint density at radius 1 is 1.21 bits per heavy atom. The summed E-state index contributed by atoms with van der Waals surface area (Å²) in [6.45, 7) is 0.428. The predicted octanol–water partition coefficient (Wildman–Crippen LogP) is 1.42. The van der Waals surface area contributed by atoms with Gasteiger partial charge in [-0.15, -0.1) is 0 Å². The van der Waals surface area contributed by atoms with Crippen LogP contribution in [0.15, 0.2) is 36.5 Å². The number of ether oxygens (including phenoxy) is 1.